The molecule has 0 aliphatic carbocycles. The first-order chi connectivity index (χ1) is 9.31. The van der Waals surface area contributed by atoms with Crippen molar-refractivity contribution in [1.29, 1.82) is 0 Å². The van der Waals surface area contributed by atoms with Gasteiger partial charge in [0.1, 0.15) is 14.2 Å². The van der Waals surface area contributed by atoms with Gasteiger partial charge in [-0.25, -0.2) is 4.79 Å². The van der Waals surface area contributed by atoms with Gasteiger partial charge in [0.15, 0.2) is 5.78 Å². The molecule has 0 aromatic rings. The summed E-state index contributed by atoms with van der Waals surface area (Å²) < 4.78 is 10.3. The van der Waals surface area contributed by atoms with Crippen molar-refractivity contribution in [1.82, 2.24) is 0 Å². The minimum atomic E-state index is -1.47. The van der Waals surface area contributed by atoms with Crippen LogP contribution in [0.5, 0.6) is 0 Å². The van der Waals surface area contributed by atoms with Gasteiger partial charge in [0.25, 0.3) is 0 Å². The lowest BCUT2D eigenvalue weighted by molar-refractivity contribution is -0.135. The van der Waals surface area contributed by atoms with Crippen molar-refractivity contribution in [3.05, 3.63) is 12.2 Å². The maximum atomic E-state index is 11.8. The fourth-order valence-corrected chi connectivity index (χ4v) is 3.15. The van der Waals surface area contributed by atoms with E-state index in [2.05, 4.69) is 35.8 Å². The maximum absolute atomic E-state index is 11.8. The molecule has 2 aliphatic heterocycles. The Labute approximate surface area is 120 Å². The highest BCUT2D eigenvalue weighted by Gasteiger charge is 2.52. The summed E-state index contributed by atoms with van der Waals surface area (Å²) in [6.45, 7) is 6.54. The second-order valence-electron chi connectivity index (χ2n) is 6.27. The van der Waals surface area contributed by atoms with Crippen molar-refractivity contribution in [3.8, 4) is 11.5 Å². The quantitative estimate of drug-likeness (QED) is 0.335. The molecule has 0 unspecified atom stereocenters. The first-order valence-corrected chi connectivity index (χ1v) is 10.3. The van der Waals surface area contributed by atoms with Crippen LogP contribution in [0.4, 0.5) is 0 Å². The number of rotatable bonds is 2. The Morgan fingerprint density at radius 2 is 2.15 bits per heavy atom. The second kappa shape index (κ2) is 5.55. The largest absolute Gasteiger partial charge is 0.466 e. The Morgan fingerprint density at radius 3 is 2.75 bits per heavy atom. The average Bonchev–Trinajstić information content (AvgIpc) is 2.88. The molecule has 4 atom stereocenters. The van der Waals surface area contributed by atoms with Crippen molar-refractivity contribution < 1.29 is 19.1 Å². The highest BCUT2D eigenvalue weighted by Crippen LogP contribution is 2.42. The zero-order chi connectivity index (χ0) is 14.9. The summed E-state index contributed by atoms with van der Waals surface area (Å²) in [5.74, 6) is 2.86. The van der Waals surface area contributed by atoms with Gasteiger partial charge in [-0.15, -0.1) is 11.5 Å². The third-order valence-electron chi connectivity index (χ3n) is 3.48. The predicted molar refractivity (Wildman–Crippen MR) is 77.5 cm³/mol. The lowest BCUT2D eigenvalue weighted by atomic mass is 9.79. The third kappa shape index (κ3) is 3.19. The summed E-state index contributed by atoms with van der Waals surface area (Å²) in [6, 6.07) is 0. The maximum Gasteiger partial charge on any atom is 0.330 e. The molecule has 108 valence electrons. The van der Waals surface area contributed by atoms with E-state index in [1.165, 1.54) is 13.2 Å². The number of carbonyl (C=O) groups is 2. The van der Waals surface area contributed by atoms with Crippen LogP contribution >= 0.6 is 0 Å². The van der Waals surface area contributed by atoms with Crippen LogP contribution in [0.25, 0.3) is 0 Å². The standard InChI is InChI=1S/C15H20O4Si/c1-18-14(17)6-5-11-10(7-8-20(2,3)4)13-9-12(16)15(11)19-13/h5-6,10-11,13,15H,9H2,1-4H3/b6-5+/t10-,11+,13+,15+/m0/s1. The number of hydrogen-bond acceptors (Lipinski definition) is 4. The fraction of sp³-hybridized carbons (Fsp3) is 0.600. The van der Waals surface area contributed by atoms with Crippen molar-refractivity contribution in [2.24, 2.45) is 11.8 Å². The molecule has 0 radical (unpaired) electrons. The van der Waals surface area contributed by atoms with Gasteiger partial charge in [-0.3, -0.25) is 4.79 Å². The number of esters is 1. The molecule has 2 rings (SSSR count). The minimum absolute atomic E-state index is 0.00494. The molecule has 0 spiro atoms. The van der Waals surface area contributed by atoms with E-state index in [1.54, 1.807) is 6.08 Å². The van der Waals surface area contributed by atoms with E-state index in [-0.39, 0.29) is 23.7 Å². The number of ether oxygens (including phenoxy) is 2. The lowest BCUT2D eigenvalue weighted by Crippen LogP contribution is -2.32. The summed E-state index contributed by atoms with van der Waals surface area (Å²) in [4.78, 5) is 23.0. The number of methoxy groups -OCH3 is 1. The van der Waals surface area contributed by atoms with Gasteiger partial charge in [-0.05, 0) is 0 Å². The Hall–Kier alpha value is -1.38. The zero-order valence-electron chi connectivity index (χ0n) is 12.3. The minimum Gasteiger partial charge on any atom is -0.466 e. The van der Waals surface area contributed by atoms with Gasteiger partial charge in [0.05, 0.1) is 19.1 Å². The van der Waals surface area contributed by atoms with Gasteiger partial charge in [-0.2, -0.15) is 0 Å². The Kier molecular flexibility index (Phi) is 4.16. The monoisotopic (exact) mass is 292 g/mol. The van der Waals surface area contributed by atoms with Gasteiger partial charge in [0.2, 0.25) is 0 Å². The van der Waals surface area contributed by atoms with E-state index < -0.39 is 20.1 Å². The molecule has 0 amide bonds. The van der Waals surface area contributed by atoms with Crippen molar-refractivity contribution in [3.63, 3.8) is 0 Å². The van der Waals surface area contributed by atoms with Crippen LogP contribution in [0, 0.1) is 23.3 Å². The number of hydrogen-bond donors (Lipinski definition) is 0. The highest BCUT2D eigenvalue weighted by molar-refractivity contribution is 6.83. The van der Waals surface area contributed by atoms with Crippen LogP contribution in [-0.4, -0.2) is 39.1 Å². The summed E-state index contributed by atoms with van der Waals surface area (Å²) in [7, 11) is -0.137. The van der Waals surface area contributed by atoms with Gasteiger partial charge < -0.3 is 9.47 Å². The highest BCUT2D eigenvalue weighted by atomic mass is 28.3. The zero-order valence-corrected chi connectivity index (χ0v) is 13.3. The molecule has 2 bridgehead atoms. The summed E-state index contributed by atoms with van der Waals surface area (Å²) in [5.41, 5.74) is 3.34. The van der Waals surface area contributed by atoms with Crippen LogP contribution in [0.3, 0.4) is 0 Å². The van der Waals surface area contributed by atoms with Crippen molar-refractivity contribution in [2.45, 2.75) is 38.3 Å². The van der Waals surface area contributed by atoms with E-state index in [0.717, 1.165) is 0 Å². The molecule has 2 fully saturated rings. The molecule has 0 N–H and O–H groups in total. The number of ketones is 1. The smallest absolute Gasteiger partial charge is 0.330 e. The van der Waals surface area contributed by atoms with Crippen molar-refractivity contribution in [2.75, 3.05) is 7.11 Å². The van der Waals surface area contributed by atoms with E-state index in [4.69, 9.17) is 4.74 Å². The molecule has 2 heterocycles. The third-order valence-corrected chi connectivity index (χ3v) is 4.37. The molecule has 0 aromatic heterocycles. The number of carbonyl (C=O) groups excluding carboxylic acids is 2. The molecule has 0 saturated carbocycles. The van der Waals surface area contributed by atoms with E-state index in [9.17, 15) is 9.59 Å². The average molecular weight is 292 g/mol. The van der Waals surface area contributed by atoms with Crippen LogP contribution in [-0.2, 0) is 19.1 Å². The first-order valence-electron chi connectivity index (χ1n) is 6.79. The molecule has 20 heavy (non-hydrogen) atoms. The first kappa shape index (κ1) is 15.0. The Bertz CT molecular complexity index is 506. The molecule has 0 aromatic carbocycles. The molecule has 5 heteroatoms. The molecular weight excluding hydrogens is 272 g/mol. The van der Waals surface area contributed by atoms with E-state index >= 15 is 0 Å². The fourth-order valence-electron chi connectivity index (χ4n) is 2.55. The summed E-state index contributed by atoms with van der Waals surface area (Å²) in [5, 5.41) is 0. The topological polar surface area (TPSA) is 52.6 Å². The summed E-state index contributed by atoms with van der Waals surface area (Å²) >= 11 is 0. The van der Waals surface area contributed by atoms with Crippen LogP contribution < -0.4 is 0 Å². The van der Waals surface area contributed by atoms with Crippen molar-refractivity contribution >= 4 is 19.8 Å². The summed E-state index contributed by atoms with van der Waals surface area (Å²) in [6.07, 6.45) is 2.96. The predicted octanol–water partition coefficient (Wildman–Crippen LogP) is 1.57. The molecule has 2 aliphatic rings. The second-order valence-corrected chi connectivity index (χ2v) is 11.0. The van der Waals surface area contributed by atoms with Gasteiger partial charge >= 0.3 is 5.97 Å². The van der Waals surface area contributed by atoms with E-state index in [1.807, 2.05) is 0 Å². The lowest BCUT2D eigenvalue weighted by Gasteiger charge is -2.20. The number of fused-ring (bicyclic) bond motifs is 2. The van der Waals surface area contributed by atoms with Gasteiger partial charge in [-0.1, -0.05) is 25.7 Å². The molecular formula is C15H20O4Si. The number of Topliss-reactive ketones (excluding diaryl/α,β-unsaturated/α-hetero) is 1. The van der Waals surface area contributed by atoms with Crippen LogP contribution in [0.2, 0.25) is 19.6 Å². The molecule has 4 nitrogen and oxygen atoms in total. The van der Waals surface area contributed by atoms with Crippen LogP contribution in [0.15, 0.2) is 12.2 Å². The molecule has 2 saturated heterocycles. The SMILES string of the molecule is COC(=O)/C=C/[C@@H]1[C@H](C#C[Si](C)(C)C)[C@H]2CC(=O)[C@@H]1O2. The van der Waals surface area contributed by atoms with Gasteiger partial charge in [0, 0.05) is 18.4 Å². The normalized spacial score (nSPS) is 32.3. The Morgan fingerprint density at radius 1 is 1.45 bits per heavy atom. The Balaban J connectivity index is 2.20. The van der Waals surface area contributed by atoms with Crippen LogP contribution in [0.1, 0.15) is 6.42 Å². The van der Waals surface area contributed by atoms with E-state index in [0.29, 0.717) is 6.42 Å².